The van der Waals surface area contributed by atoms with Crippen molar-refractivity contribution in [2.45, 2.75) is 25.9 Å². The first kappa shape index (κ1) is 17.4. The monoisotopic (exact) mass is 344 g/mol. The number of benzene rings is 1. The van der Waals surface area contributed by atoms with Crippen LogP contribution in [0.4, 0.5) is 10.2 Å². The van der Waals surface area contributed by atoms with E-state index in [1.165, 1.54) is 12.1 Å². The Balaban J connectivity index is 1.92. The predicted molar refractivity (Wildman–Crippen MR) is 92.0 cm³/mol. The molecule has 0 unspecified atom stereocenters. The third kappa shape index (κ3) is 3.49. The van der Waals surface area contributed by atoms with Crippen molar-refractivity contribution >= 4 is 11.8 Å². The standard InChI is InChI=1S/C19H21FN2O3/c1-13-3-2-4-17(21-13)22-10-9-16(23)19(12-22,18(24)25)11-14-5-7-15(20)8-6-14/h2-8,16,23H,9-12H2,1H3,(H,24,25)/t16-,19+/m0/s1. The summed E-state index contributed by atoms with van der Waals surface area (Å²) in [5.74, 6) is -0.721. The number of rotatable bonds is 4. The van der Waals surface area contributed by atoms with Gasteiger partial charge in [-0.1, -0.05) is 18.2 Å². The molecule has 1 saturated heterocycles. The molecule has 2 atom stereocenters. The average molecular weight is 344 g/mol. The normalized spacial score (nSPS) is 23.5. The molecule has 5 nitrogen and oxygen atoms in total. The number of aromatic nitrogens is 1. The van der Waals surface area contributed by atoms with Crippen LogP contribution in [0.5, 0.6) is 0 Å². The van der Waals surface area contributed by atoms with E-state index in [1.807, 2.05) is 30.0 Å². The van der Waals surface area contributed by atoms with Crippen molar-refractivity contribution in [1.82, 2.24) is 4.98 Å². The Kier molecular flexibility index (Phi) is 4.72. The topological polar surface area (TPSA) is 73.7 Å². The van der Waals surface area contributed by atoms with Crippen LogP contribution in [0.1, 0.15) is 17.7 Å². The molecule has 1 aromatic carbocycles. The van der Waals surface area contributed by atoms with Crippen molar-refractivity contribution in [1.29, 1.82) is 0 Å². The van der Waals surface area contributed by atoms with Crippen LogP contribution in [0, 0.1) is 18.2 Å². The quantitative estimate of drug-likeness (QED) is 0.891. The first-order valence-electron chi connectivity index (χ1n) is 8.25. The number of anilines is 1. The predicted octanol–water partition coefficient (Wildman–Crippen LogP) is 2.41. The van der Waals surface area contributed by atoms with E-state index in [9.17, 15) is 19.4 Å². The van der Waals surface area contributed by atoms with Gasteiger partial charge in [0.15, 0.2) is 0 Å². The number of aliphatic hydroxyl groups excluding tert-OH is 1. The number of hydrogen-bond acceptors (Lipinski definition) is 4. The van der Waals surface area contributed by atoms with Crippen molar-refractivity contribution in [3.63, 3.8) is 0 Å². The Morgan fingerprint density at radius 1 is 1.32 bits per heavy atom. The summed E-state index contributed by atoms with van der Waals surface area (Å²) in [7, 11) is 0. The number of halogens is 1. The highest BCUT2D eigenvalue weighted by Gasteiger charge is 2.49. The van der Waals surface area contributed by atoms with Crippen LogP contribution in [-0.2, 0) is 11.2 Å². The maximum absolute atomic E-state index is 13.1. The highest BCUT2D eigenvalue weighted by atomic mass is 19.1. The minimum atomic E-state index is -1.36. The molecule has 0 radical (unpaired) electrons. The first-order valence-corrected chi connectivity index (χ1v) is 8.25. The van der Waals surface area contributed by atoms with Gasteiger partial charge in [0.25, 0.3) is 0 Å². The lowest BCUT2D eigenvalue weighted by Gasteiger charge is -2.44. The van der Waals surface area contributed by atoms with E-state index in [0.717, 1.165) is 5.69 Å². The summed E-state index contributed by atoms with van der Waals surface area (Å²) in [6.07, 6.45) is -0.508. The van der Waals surface area contributed by atoms with E-state index in [1.54, 1.807) is 12.1 Å². The van der Waals surface area contributed by atoms with Crippen LogP contribution >= 0.6 is 0 Å². The third-order valence-corrected chi connectivity index (χ3v) is 4.84. The van der Waals surface area contributed by atoms with Crippen molar-refractivity contribution in [3.8, 4) is 0 Å². The fraction of sp³-hybridized carbons (Fsp3) is 0.368. The van der Waals surface area contributed by atoms with Gasteiger partial charge in [0, 0.05) is 18.8 Å². The van der Waals surface area contributed by atoms with Gasteiger partial charge in [0.1, 0.15) is 17.1 Å². The minimum Gasteiger partial charge on any atom is -0.481 e. The van der Waals surface area contributed by atoms with E-state index in [0.29, 0.717) is 24.3 Å². The smallest absolute Gasteiger partial charge is 0.314 e. The number of hydrogen-bond donors (Lipinski definition) is 2. The molecule has 2 heterocycles. The van der Waals surface area contributed by atoms with Gasteiger partial charge >= 0.3 is 5.97 Å². The fourth-order valence-electron chi connectivity index (χ4n) is 3.41. The number of carboxylic acid groups (broad SMARTS) is 1. The van der Waals surface area contributed by atoms with Gasteiger partial charge in [-0.15, -0.1) is 0 Å². The summed E-state index contributed by atoms with van der Waals surface area (Å²) in [4.78, 5) is 18.5. The number of carbonyl (C=O) groups is 1. The Bertz CT molecular complexity index is 766. The van der Waals surface area contributed by atoms with Gasteiger partial charge in [-0.05, 0) is 49.6 Å². The highest BCUT2D eigenvalue weighted by Crippen LogP contribution is 2.36. The number of aryl methyl sites for hydroxylation is 1. The number of carboxylic acids is 1. The van der Waals surface area contributed by atoms with Crippen LogP contribution in [0.2, 0.25) is 0 Å². The van der Waals surface area contributed by atoms with Gasteiger partial charge in [-0.2, -0.15) is 0 Å². The third-order valence-electron chi connectivity index (χ3n) is 4.84. The average Bonchev–Trinajstić information content (AvgIpc) is 2.58. The van der Waals surface area contributed by atoms with Gasteiger partial charge in [0.2, 0.25) is 0 Å². The number of piperidine rings is 1. The molecule has 0 aliphatic carbocycles. The second-order valence-electron chi connectivity index (χ2n) is 6.63. The molecule has 0 amide bonds. The van der Waals surface area contributed by atoms with Crippen LogP contribution in [0.15, 0.2) is 42.5 Å². The summed E-state index contributed by atoms with van der Waals surface area (Å²) in [6, 6.07) is 11.3. The lowest BCUT2D eigenvalue weighted by molar-refractivity contribution is -0.157. The molecule has 2 N–H and O–H groups in total. The molecular formula is C19H21FN2O3. The molecular weight excluding hydrogens is 323 g/mol. The van der Waals surface area contributed by atoms with Gasteiger partial charge in [0.05, 0.1) is 6.10 Å². The summed E-state index contributed by atoms with van der Waals surface area (Å²) < 4.78 is 13.1. The van der Waals surface area contributed by atoms with E-state index in [4.69, 9.17) is 0 Å². The summed E-state index contributed by atoms with van der Waals surface area (Å²) in [5, 5.41) is 20.4. The SMILES string of the molecule is Cc1cccc(N2CC[C@H](O)[C@](Cc3ccc(F)cc3)(C(=O)O)C2)n1. The Labute approximate surface area is 145 Å². The molecule has 1 fully saturated rings. The number of pyridine rings is 1. The second kappa shape index (κ2) is 6.80. The van der Waals surface area contributed by atoms with Crippen LogP contribution < -0.4 is 4.90 Å². The molecule has 1 aromatic heterocycles. The lowest BCUT2D eigenvalue weighted by Crippen LogP contribution is -2.57. The van der Waals surface area contributed by atoms with Crippen LogP contribution in [-0.4, -0.2) is 40.4 Å². The van der Waals surface area contributed by atoms with Crippen LogP contribution in [0.3, 0.4) is 0 Å². The highest BCUT2D eigenvalue weighted by molar-refractivity contribution is 5.77. The zero-order valence-corrected chi connectivity index (χ0v) is 14.0. The zero-order valence-electron chi connectivity index (χ0n) is 14.0. The summed E-state index contributed by atoms with van der Waals surface area (Å²) in [6.45, 7) is 2.57. The number of aliphatic hydroxyl groups is 1. The van der Waals surface area contributed by atoms with E-state index in [2.05, 4.69) is 4.98 Å². The summed E-state index contributed by atoms with van der Waals surface area (Å²) in [5.41, 5.74) is 0.173. The molecule has 132 valence electrons. The van der Waals surface area contributed by atoms with Gasteiger partial charge in [-0.25, -0.2) is 9.37 Å². The van der Waals surface area contributed by atoms with Gasteiger partial charge < -0.3 is 15.1 Å². The van der Waals surface area contributed by atoms with Gasteiger partial charge in [-0.3, -0.25) is 4.79 Å². The maximum Gasteiger partial charge on any atom is 0.314 e. The molecule has 25 heavy (non-hydrogen) atoms. The molecule has 0 saturated carbocycles. The lowest BCUT2D eigenvalue weighted by atomic mass is 9.73. The zero-order chi connectivity index (χ0) is 18.0. The maximum atomic E-state index is 13.1. The molecule has 6 heteroatoms. The molecule has 3 rings (SSSR count). The Morgan fingerprint density at radius 3 is 2.68 bits per heavy atom. The molecule has 1 aliphatic heterocycles. The molecule has 0 spiro atoms. The molecule has 1 aliphatic rings. The van der Waals surface area contributed by atoms with Crippen molar-refractivity contribution < 1.29 is 19.4 Å². The minimum absolute atomic E-state index is 0.131. The van der Waals surface area contributed by atoms with E-state index in [-0.39, 0.29) is 18.8 Å². The van der Waals surface area contributed by atoms with Crippen molar-refractivity contribution in [2.75, 3.05) is 18.0 Å². The number of nitrogens with zero attached hydrogens (tertiary/aromatic N) is 2. The molecule has 2 aromatic rings. The first-order chi connectivity index (χ1) is 11.9. The van der Waals surface area contributed by atoms with E-state index >= 15 is 0 Å². The van der Waals surface area contributed by atoms with Crippen molar-refractivity contribution in [2.24, 2.45) is 5.41 Å². The largest absolute Gasteiger partial charge is 0.481 e. The van der Waals surface area contributed by atoms with Crippen molar-refractivity contribution in [3.05, 3.63) is 59.5 Å². The fourth-order valence-corrected chi connectivity index (χ4v) is 3.41. The Morgan fingerprint density at radius 2 is 2.04 bits per heavy atom. The Hall–Kier alpha value is -2.47. The van der Waals surface area contributed by atoms with Crippen LogP contribution in [0.25, 0.3) is 0 Å². The van der Waals surface area contributed by atoms with E-state index < -0.39 is 17.5 Å². The second-order valence-corrected chi connectivity index (χ2v) is 6.63. The molecule has 0 bridgehead atoms. The summed E-state index contributed by atoms with van der Waals surface area (Å²) >= 11 is 0. The number of aliphatic carboxylic acids is 1.